The molecule has 1 aliphatic heterocycles. The van der Waals surface area contributed by atoms with Gasteiger partial charge in [0.1, 0.15) is 0 Å². The first-order valence-corrected chi connectivity index (χ1v) is 6.06. The minimum Gasteiger partial charge on any atom is -0.467 e. The van der Waals surface area contributed by atoms with E-state index in [-0.39, 0.29) is 11.3 Å². The van der Waals surface area contributed by atoms with Crippen molar-refractivity contribution in [3.8, 4) is 6.01 Å². The van der Waals surface area contributed by atoms with E-state index in [9.17, 15) is 0 Å². The molecule has 0 aliphatic carbocycles. The Kier molecular flexibility index (Phi) is 4.33. The molecule has 17 heavy (non-hydrogen) atoms. The average Bonchev–Trinajstić information content (AvgIpc) is 2.37. The minimum absolute atomic E-state index is 0.143. The Morgan fingerprint density at radius 2 is 2.12 bits per heavy atom. The van der Waals surface area contributed by atoms with Crippen molar-refractivity contribution >= 4 is 17.5 Å². The largest absolute Gasteiger partial charge is 0.467 e. The van der Waals surface area contributed by atoms with E-state index in [1.807, 2.05) is 0 Å². The molecular formula is C10H16ClN5O. The number of nitrogens with one attached hydrogen (secondary N) is 2. The standard InChI is InChI=1S/C10H16ClN5O/c1-17-10-15-8(11)14-9(16-10)13-6-7-2-4-12-5-3-7/h7,12H,2-6H2,1H3,(H,13,14,15,16). The third kappa shape index (κ3) is 3.67. The molecule has 2 heterocycles. The van der Waals surface area contributed by atoms with Gasteiger partial charge in [-0.05, 0) is 43.5 Å². The van der Waals surface area contributed by atoms with Crippen molar-refractivity contribution in [2.45, 2.75) is 12.8 Å². The van der Waals surface area contributed by atoms with E-state index in [1.165, 1.54) is 20.0 Å². The normalized spacial score (nSPS) is 16.8. The lowest BCUT2D eigenvalue weighted by molar-refractivity contribution is 0.376. The SMILES string of the molecule is COc1nc(Cl)nc(NCC2CCNCC2)n1. The summed E-state index contributed by atoms with van der Waals surface area (Å²) >= 11 is 5.76. The number of piperidine rings is 1. The summed E-state index contributed by atoms with van der Waals surface area (Å²) in [5.41, 5.74) is 0. The van der Waals surface area contributed by atoms with Crippen LogP contribution >= 0.6 is 11.6 Å². The van der Waals surface area contributed by atoms with Gasteiger partial charge in [-0.2, -0.15) is 15.0 Å². The Morgan fingerprint density at radius 1 is 1.35 bits per heavy atom. The third-order valence-electron chi connectivity index (χ3n) is 2.78. The Hall–Kier alpha value is -1.14. The van der Waals surface area contributed by atoms with Crippen LogP contribution in [-0.4, -0.2) is 41.7 Å². The molecular weight excluding hydrogens is 242 g/mol. The molecule has 1 aliphatic rings. The number of methoxy groups -OCH3 is 1. The second-order valence-corrected chi connectivity index (χ2v) is 4.33. The van der Waals surface area contributed by atoms with Crippen molar-refractivity contribution in [1.82, 2.24) is 20.3 Å². The molecule has 94 valence electrons. The van der Waals surface area contributed by atoms with Crippen molar-refractivity contribution in [2.75, 3.05) is 32.1 Å². The molecule has 7 heteroatoms. The van der Waals surface area contributed by atoms with Gasteiger partial charge in [-0.25, -0.2) is 0 Å². The summed E-state index contributed by atoms with van der Waals surface area (Å²) in [6, 6.07) is 0.234. The molecule has 1 fully saturated rings. The fraction of sp³-hybridized carbons (Fsp3) is 0.700. The van der Waals surface area contributed by atoms with Gasteiger partial charge in [0, 0.05) is 6.54 Å². The molecule has 6 nitrogen and oxygen atoms in total. The fourth-order valence-corrected chi connectivity index (χ4v) is 1.98. The van der Waals surface area contributed by atoms with Gasteiger partial charge >= 0.3 is 6.01 Å². The molecule has 0 amide bonds. The van der Waals surface area contributed by atoms with Gasteiger partial charge in [0.2, 0.25) is 11.2 Å². The van der Waals surface area contributed by atoms with Crippen LogP contribution in [0.5, 0.6) is 6.01 Å². The number of anilines is 1. The van der Waals surface area contributed by atoms with Crippen LogP contribution in [-0.2, 0) is 0 Å². The molecule has 0 spiro atoms. The van der Waals surface area contributed by atoms with Gasteiger partial charge < -0.3 is 15.4 Å². The third-order valence-corrected chi connectivity index (χ3v) is 2.95. The monoisotopic (exact) mass is 257 g/mol. The van der Waals surface area contributed by atoms with Gasteiger partial charge in [0.15, 0.2) is 0 Å². The van der Waals surface area contributed by atoms with Gasteiger partial charge in [0.25, 0.3) is 0 Å². The molecule has 0 atom stereocenters. The molecule has 1 aromatic heterocycles. The summed E-state index contributed by atoms with van der Waals surface area (Å²) in [7, 11) is 1.50. The lowest BCUT2D eigenvalue weighted by atomic mass is 9.98. The molecule has 0 aromatic carbocycles. The Labute approximate surface area is 105 Å². The maximum absolute atomic E-state index is 5.76. The second-order valence-electron chi connectivity index (χ2n) is 3.99. The molecule has 2 N–H and O–H groups in total. The van der Waals surface area contributed by atoms with Crippen molar-refractivity contribution < 1.29 is 4.74 Å². The van der Waals surface area contributed by atoms with E-state index in [1.54, 1.807) is 0 Å². The van der Waals surface area contributed by atoms with E-state index in [2.05, 4.69) is 25.6 Å². The van der Waals surface area contributed by atoms with E-state index < -0.39 is 0 Å². The predicted molar refractivity (Wildman–Crippen MR) is 65.5 cm³/mol. The van der Waals surface area contributed by atoms with Crippen LogP contribution in [0, 0.1) is 5.92 Å². The molecule has 0 unspecified atom stereocenters. The van der Waals surface area contributed by atoms with Gasteiger partial charge in [0.05, 0.1) is 7.11 Å². The first-order chi connectivity index (χ1) is 8.28. The van der Waals surface area contributed by atoms with E-state index in [0.29, 0.717) is 11.9 Å². The van der Waals surface area contributed by atoms with Crippen molar-refractivity contribution in [3.63, 3.8) is 0 Å². The van der Waals surface area contributed by atoms with Crippen LogP contribution in [0.1, 0.15) is 12.8 Å². The smallest absolute Gasteiger partial charge is 0.322 e. The minimum atomic E-state index is 0.143. The summed E-state index contributed by atoms with van der Waals surface area (Å²) in [4.78, 5) is 11.9. The van der Waals surface area contributed by atoms with E-state index in [4.69, 9.17) is 16.3 Å². The maximum Gasteiger partial charge on any atom is 0.322 e. The lowest BCUT2D eigenvalue weighted by Crippen LogP contribution is -2.31. The van der Waals surface area contributed by atoms with Crippen LogP contribution in [0.3, 0.4) is 0 Å². The number of rotatable bonds is 4. The van der Waals surface area contributed by atoms with Crippen molar-refractivity contribution in [3.05, 3.63) is 5.28 Å². The fourth-order valence-electron chi connectivity index (χ4n) is 1.82. The number of halogens is 1. The van der Waals surface area contributed by atoms with Crippen molar-refractivity contribution in [1.29, 1.82) is 0 Å². The quantitative estimate of drug-likeness (QED) is 0.837. The number of hydrogen-bond donors (Lipinski definition) is 2. The average molecular weight is 258 g/mol. The van der Waals surface area contributed by atoms with Crippen LogP contribution in [0.4, 0.5) is 5.95 Å². The summed E-state index contributed by atoms with van der Waals surface area (Å²) in [5, 5.41) is 6.65. The Balaban J connectivity index is 1.91. The van der Waals surface area contributed by atoms with Crippen molar-refractivity contribution in [2.24, 2.45) is 5.92 Å². The molecule has 1 aromatic rings. The first kappa shape index (κ1) is 12.3. The highest BCUT2D eigenvalue weighted by atomic mass is 35.5. The summed E-state index contributed by atoms with van der Waals surface area (Å²) in [5.74, 6) is 1.12. The number of hydrogen-bond acceptors (Lipinski definition) is 6. The molecule has 0 bridgehead atoms. The Bertz CT molecular complexity index is 370. The predicted octanol–water partition coefficient (Wildman–Crippen LogP) is 0.945. The number of aromatic nitrogens is 3. The van der Waals surface area contributed by atoms with Crippen LogP contribution in [0.15, 0.2) is 0 Å². The van der Waals surface area contributed by atoms with Crippen LogP contribution in [0.2, 0.25) is 5.28 Å². The highest BCUT2D eigenvalue weighted by Crippen LogP contribution is 2.14. The van der Waals surface area contributed by atoms with Gasteiger partial charge in [-0.3, -0.25) is 0 Å². The Morgan fingerprint density at radius 3 is 2.82 bits per heavy atom. The first-order valence-electron chi connectivity index (χ1n) is 5.68. The highest BCUT2D eigenvalue weighted by Gasteiger charge is 2.13. The topological polar surface area (TPSA) is 72.0 Å². The van der Waals surface area contributed by atoms with E-state index >= 15 is 0 Å². The lowest BCUT2D eigenvalue weighted by Gasteiger charge is -2.22. The number of nitrogens with zero attached hydrogens (tertiary/aromatic N) is 3. The molecule has 0 radical (unpaired) electrons. The van der Waals surface area contributed by atoms with Gasteiger partial charge in [-0.1, -0.05) is 0 Å². The zero-order valence-corrected chi connectivity index (χ0v) is 10.5. The summed E-state index contributed by atoms with van der Waals surface area (Å²) < 4.78 is 4.93. The molecule has 0 saturated carbocycles. The van der Waals surface area contributed by atoms with Crippen LogP contribution in [0.25, 0.3) is 0 Å². The molecule has 1 saturated heterocycles. The van der Waals surface area contributed by atoms with E-state index in [0.717, 1.165) is 19.6 Å². The zero-order valence-electron chi connectivity index (χ0n) is 9.74. The zero-order chi connectivity index (χ0) is 12.1. The van der Waals surface area contributed by atoms with Crippen LogP contribution < -0.4 is 15.4 Å². The number of ether oxygens (including phenoxy) is 1. The molecule has 2 rings (SSSR count). The maximum atomic E-state index is 5.76. The van der Waals surface area contributed by atoms with Gasteiger partial charge in [-0.15, -0.1) is 0 Å². The summed E-state index contributed by atoms with van der Waals surface area (Å²) in [6.07, 6.45) is 2.34. The second kappa shape index (κ2) is 5.97. The highest BCUT2D eigenvalue weighted by molar-refractivity contribution is 6.28. The summed E-state index contributed by atoms with van der Waals surface area (Å²) in [6.45, 7) is 3.01.